The molecule has 0 aromatic heterocycles. The highest BCUT2D eigenvalue weighted by atomic mass is 32.2. The first-order valence-corrected chi connectivity index (χ1v) is 8.90. The van der Waals surface area contributed by atoms with Gasteiger partial charge in [0.1, 0.15) is 6.61 Å². The molecule has 1 amide bonds. The normalized spacial score (nSPS) is 14.3. The summed E-state index contributed by atoms with van der Waals surface area (Å²) in [5.41, 5.74) is 2.28. The van der Waals surface area contributed by atoms with E-state index in [4.69, 9.17) is 4.74 Å². The Morgan fingerprint density at radius 2 is 2.14 bits per heavy atom. The lowest BCUT2D eigenvalue weighted by Gasteiger charge is -2.18. The van der Waals surface area contributed by atoms with Crippen LogP contribution in [0.4, 0.5) is 11.4 Å². The van der Waals surface area contributed by atoms with Gasteiger partial charge in [0.05, 0.1) is 11.4 Å². The molecule has 0 saturated carbocycles. The molecule has 0 atom stereocenters. The minimum absolute atomic E-state index is 0.0166. The van der Waals surface area contributed by atoms with Crippen molar-refractivity contribution < 1.29 is 17.9 Å². The molecule has 2 rings (SSSR count). The molecule has 22 heavy (non-hydrogen) atoms. The largest absolute Gasteiger partial charge is 0.375 e. The minimum Gasteiger partial charge on any atom is -0.375 e. The molecule has 1 aromatic rings. The summed E-state index contributed by atoms with van der Waals surface area (Å²) in [4.78, 5) is 13.7. The van der Waals surface area contributed by atoms with Gasteiger partial charge in [-0.3, -0.25) is 9.52 Å². The molecule has 0 fully saturated rings. The fourth-order valence-electron chi connectivity index (χ4n) is 2.56. The molecule has 0 bridgehead atoms. The van der Waals surface area contributed by atoms with Crippen LogP contribution < -0.4 is 9.62 Å². The van der Waals surface area contributed by atoms with Crippen molar-refractivity contribution in [2.24, 2.45) is 5.92 Å². The number of sulfonamides is 1. The molecule has 1 heterocycles. The lowest BCUT2D eigenvalue weighted by molar-refractivity contribution is -0.122. The van der Waals surface area contributed by atoms with E-state index < -0.39 is 10.0 Å². The average Bonchev–Trinajstić information content (AvgIpc) is 2.79. The van der Waals surface area contributed by atoms with E-state index in [1.807, 2.05) is 19.9 Å². The van der Waals surface area contributed by atoms with Crippen LogP contribution in [0, 0.1) is 5.92 Å². The molecule has 7 heteroatoms. The number of nitrogens with zero attached hydrogens (tertiary/aromatic N) is 1. The molecule has 6 nitrogen and oxygen atoms in total. The molecule has 0 unspecified atom stereocenters. The number of hydrogen-bond donors (Lipinski definition) is 1. The zero-order valence-corrected chi connectivity index (χ0v) is 13.9. The van der Waals surface area contributed by atoms with Crippen LogP contribution in [0.25, 0.3) is 0 Å². The average molecular weight is 326 g/mol. The molecule has 0 radical (unpaired) electrons. The van der Waals surface area contributed by atoms with Crippen molar-refractivity contribution in [2.75, 3.05) is 35.6 Å². The van der Waals surface area contributed by atoms with E-state index in [0.29, 0.717) is 12.2 Å². The van der Waals surface area contributed by atoms with Crippen LogP contribution in [-0.4, -0.2) is 40.3 Å². The summed E-state index contributed by atoms with van der Waals surface area (Å²) in [6, 6.07) is 5.32. The maximum absolute atomic E-state index is 12.0. The summed E-state index contributed by atoms with van der Waals surface area (Å²) in [6.45, 7) is 4.32. The number of carbonyl (C=O) groups excluding carboxylic acids is 1. The van der Waals surface area contributed by atoms with Gasteiger partial charge in [-0.1, -0.05) is 19.9 Å². The Kier molecular flexibility index (Phi) is 5.08. The van der Waals surface area contributed by atoms with Gasteiger partial charge < -0.3 is 9.64 Å². The number of benzene rings is 1. The van der Waals surface area contributed by atoms with Crippen molar-refractivity contribution in [3.63, 3.8) is 0 Å². The van der Waals surface area contributed by atoms with E-state index in [2.05, 4.69) is 4.72 Å². The van der Waals surface area contributed by atoms with E-state index in [9.17, 15) is 13.2 Å². The van der Waals surface area contributed by atoms with E-state index in [1.165, 1.54) is 7.11 Å². The SMILES string of the molecule is COCC(=O)N1CCc2ccc(NS(=O)(=O)CC(C)C)cc21. The Bertz CT molecular complexity index is 656. The third kappa shape index (κ3) is 3.98. The fourth-order valence-corrected chi connectivity index (χ4v) is 4.01. The number of rotatable bonds is 6. The molecule has 0 aliphatic carbocycles. The summed E-state index contributed by atoms with van der Waals surface area (Å²) in [7, 11) is -1.90. The number of anilines is 2. The second kappa shape index (κ2) is 6.66. The number of carbonyl (C=O) groups is 1. The van der Waals surface area contributed by atoms with Crippen LogP contribution in [-0.2, 0) is 26.0 Å². The maximum Gasteiger partial charge on any atom is 0.252 e. The summed E-state index contributed by atoms with van der Waals surface area (Å²) < 4.78 is 31.5. The fraction of sp³-hybridized carbons (Fsp3) is 0.533. The highest BCUT2D eigenvalue weighted by Crippen LogP contribution is 2.31. The number of fused-ring (bicyclic) bond motifs is 1. The lowest BCUT2D eigenvalue weighted by Crippen LogP contribution is -2.32. The summed E-state index contributed by atoms with van der Waals surface area (Å²) in [5.74, 6) is -0.00806. The van der Waals surface area contributed by atoms with Crippen LogP contribution in [0.3, 0.4) is 0 Å². The predicted molar refractivity (Wildman–Crippen MR) is 86.6 cm³/mol. The highest BCUT2D eigenvalue weighted by Gasteiger charge is 2.25. The van der Waals surface area contributed by atoms with Crippen LogP contribution in [0.5, 0.6) is 0 Å². The van der Waals surface area contributed by atoms with Crippen molar-refractivity contribution in [3.05, 3.63) is 23.8 Å². The summed E-state index contributed by atoms with van der Waals surface area (Å²) in [6.07, 6.45) is 0.768. The Labute approximate surface area is 131 Å². The molecule has 1 aliphatic heterocycles. The zero-order valence-electron chi connectivity index (χ0n) is 13.1. The molecule has 1 aliphatic rings. The standard InChI is InChI=1S/C15H22N2O4S/c1-11(2)10-22(19,20)16-13-5-4-12-6-7-17(14(12)8-13)15(18)9-21-3/h4-5,8,11,16H,6-7,9-10H2,1-3H3. The highest BCUT2D eigenvalue weighted by molar-refractivity contribution is 7.92. The van der Waals surface area contributed by atoms with Crippen LogP contribution in [0.1, 0.15) is 19.4 Å². The first kappa shape index (κ1) is 16.8. The Morgan fingerprint density at radius 1 is 1.41 bits per heavy atom. The maximum atomic E-state index is 12.0. The second-order valence-electron chi connectivity index (χ2n) is 5.85. The van der Waals surface area contributed by atoms with Gasteiger partial charge in [0.2, 0.25) is 10.0 Å². The zero-order chi connectivity index (χ0) is 16.3. The number of ether oxygens (including phenoxy) is 1. The number of methoxy groups -OCH3 is 1. The van der Waals surface area contributed by atoms with Gasteiger partial charge >= 0.3 is 0 Å². The van der Waals surface area contributed by atoms with Crippen LogP contribution in [0.15, 0.2) is 18.2 Å². The summed E-state index contributed by atoms with van der Waals surface area (Å²) >= 11 is 0. The van der Waals surface area contributed by atoms with Gasteiger partial charge in [0.15, 0.2) is 0 Å². The van der Waals surface area contributed by atoms with E-state index in [0.717, 1.165) is 17.7 Å². The Balaban J connectivity index is 2.21. The molecule has 0 spiro atoms. The lowest BCUT2D eigenvalue weighted by atomic mass is 10.1. The van der Waals surface area contributed by atoms with E-state index in [-0.39, 0.29) is 24.2 Å². The molecule has 0 saturated heterocycles. The van der Waals surface area contributed by atoms with Crippen molar-refractivity contribution >= 4 is 27.3 Å². The monoisotopic (exact) mass is 326 g/mol. The van der Waals surface area contributed by atoms with Gasteiger partial charge in [-0.2, -0.15) is 0 Å². The minimum atomic E-state index is -3.38. The van der Waals surface area contributed by atoms with Crippen molar-refractivity contribution in [3.8, 4) is 0 Å². The number of amides is 1. The predicted octanol–water partition coefficient (Wildman–Crippen LogP) is 1.62. The van der Waals surface area contributed by atoms with Crippen molar-refractivity contribution in [1.29, 1.82) is 0 Å². The first-order chi connectivity index (χ1) is 10.3. The molecular formula is C15H22N2O4S. The third-order valence-corrected chi connectivity index (χ3v) is 5.03. The van der Waals surface area contributed by atoms with E-state index >= 15 is 0 Å². The Hall–Kier alpha value is -1.60. The molecule has 122 valence electrons. The topological polar surface area (TPSA) is 75.7 Å². The van der Waals surface area contributed by atoms with E-state index in [1.54, 1.807) is 17.0 Å². The third-order valence-electron chi connectivity index (χ3n) is 3.38. The number of hydrogen-bond acceptors (Lipinski definition) is 4. The van der Waals surface area contributed by atoms with Crippen molar-refractivity contribution in [2.45, 2.75) is 20.3 Å². The van der Waals surface area contributed by atoms with Gasteiger partial charge in [-0.05, 0) is 30.0 Å². The molecule has 1 N–H and O–H groups in total. The second-order valence-corrected chi connectivity index (χ2v) is 7.62. The first-order valence-electron chi connectivity index (χ1n) is 7.25. The van der Waals surface area contributed by atoms with Gasteiger partial charge in [0, 0.05) is 19.3 Å². The van der Waals surface area contributed by atoms with Crippen molar-refractivity contribution in [1.82, 2.24) is 0 Å². The van der Waals surface area contributed by atoms with Gasteiger partial charge in [-0.25, -0.2) is 8.42 Å². The molecular weight excluding hydrogens is 304 g/mol. The smallest absolute Gasteiger partial charge is 0.252 e. The van der Waals surface area contributed by atoms with Gasteiger partial charge in [-0.15, -0.1) is 0 Å². The van der Waals surface area contributed by atoms with Gasteiger partial charge in [0.25, 0.3) is 5.91 Å². The van der Waals surface area contributed by atoms with Crippen LogP contribution in [0.2, 0.25) is 0 Å². The quantitative estimate of drug-likeness (QED) is 0.862. The Morgan fingerprint density at radius 3 is 2.77 bits per heavy atom. The number of nitrogens with one attached hydrogen (secondary N) is 1. The molecule has 1 aromatic carbocycles. The summed E-state index contributed by atoms with van der Waals surface area (Å²) in [5, 5.41) is 0. The van der Waals surface area contributed by atoms with Crippen LogP contribution >= 0.6 is 0 Å².